The van der Waals surface area contributed by atoms with Gasteiger partial charge < -0.3 is 10.1 Å². The number of nitrogens with zero attached hydrogens (tertiary/aromatic N) is 6. The Morgan fingerprint density at radius 1 is 1.38 bits per heavy atom. The van der Waals surface area contributed by atoms with Crippen LogP contribution in [0.1, 0.15) is 25.4 Å². The molecule has 8 heteroatoms. The van der Waals surface area contributed by atoms with Crippen LogP contribution in [0.4, 0.5) is 0 Å². The highest BCUT2D eigenvalue weighted by Crippen LogP contribution is 2.03. The summed E-state index contributed by atoms with van der Waals surface area (Å²) in [6.45, 7) is 7.92. The molecular weight excluding hydrogens is 270 g/mol. The molecule has 21 heavy (non-hydrogen) atoms. The summed E-state index contributed by atoms with van der Waals surface area (Å²) in [4.78, 5) is 4.29. The molecule has 116 valence electrons. The van der Waals surface area contributed by atoms with Crippen LogP contribution in [-0.4, -0.2) is 50.0 Å². The first-order valence-electron chi connectivity index (χ1n) is 7.14. The predicted octanol–water partition coefficient (Wildman–Crippen LogP) is 0.310. The van der Waals surface area contributed by atoms with Crippen molar-refractivity contribution >= 4 is 0 Å². The van der Waals surface area contributed by atoms with E-state index in [2.05, 4.69) is 39.6 Å². The van der Waals surface area contributed by atoms with Crippen molar-refractivity contribution < 1.29 is 4.74 Å². The number of hydrogen-bond acceptors (Lipinski definition) is 6. The first-order chi connectivity index (χ1) is 10.2. The van der Waals surface area contributed by atoms with Gasteiger partial charge in [0.05, 0.1) is 18.5 Å². The summed E-state index contributed by atoms with van der Waals surface area (Å²) in [5.74, 6) is 1.43. The molecule has 0 aliphatic carbocycles. The molecule has 0 spiro atoms. The molecule has 2 heterocycles. The molecule has 0 atom stereocenters. The van der Waals surface area contributed by atoms with Crippen LogP contribution >= 0.6 is 0 Å². The second-order valence-electron chi connectivity index (χ2n) is 5.33. The van der Waals surface area contributed by atoms with Gasteiger partial charge in [-0.2, -0.15) is 5.10 Å². The minimum absolute atomic E-state index is 0.529. The van der Waals surface area contributed by atoms with Crippen LogP contribution in [0.15, 0.2) is 12.5 Å². The van der Waals surface area contributed by atoms with E-state index in [0.29, 0.717) is 25.6 Å². The summed E-state index contributed by atoms with van der Waals surface area (Å²) in [7, 11) is 1.69. The van der Waals surface area contributed by atoms with E-state index in [1.54, 1.807) is 18.1 Å². The molecule has 0 aliphatic heterocycles. The molecule has 0 amide bonds. The van der Waals surface area contributed by atoms with Crippen molar-refractivity contribution in [2.75, 3.05) is 20.3 Å². The van der Waals surface area contributed by atoms with Crippen LogP contribution in [0.2, 0.25) is 0 Å². The molecule has 0 aromatic carbocycles. The molecular formula is C13H23N7O. The second kappa shape index (κ2) is 7.84. The third kappa shape index (κ3) is 4.91. The molecule has 0 saturated heterocycles. The number of ether oxygens (including phenoxy) is 1. The van der Waals surface area contributed by atoms with Gasteiger partial charge in [0.1, 0.15) is 18.7 Å². The van der Waals surface area contributed by atoms with Crippen LogP contribution in [0.25, 0.3) is 0 Å². The van der Waals surface area contributed by atoms with E-state index in [-0.39, 0.29) is 0 Å². The van der Waals surface area contributed by atoms with Crippen molar-refractivity contribution in [3.63, 3.8) is 0 Å². The lowest BCUT2D eigenvalue weighted by atomic mass is 10.2. The zero-order chi connectivity index (χ0) is 15.1. The van der Waals surface area contributed by atoms with Crippen LogP contribution < -0.4 is 5.32 Å². The van der Waals surface area contributed by atoms with Crippen molar-refractivity contribution in [1.82, 2.24) is 35.1 Å². The summed E-state index contributed by atoms with van der Waals surface area (Å²) in [6.07, 6.45) is 3.51. The van der Waals surface area contributed by atoms with E-state index in [0.717, 1.165) is 24.6 Å². The van der Waals surface area contributed by atoms with Crippen LogP contribution in [0.3, 0.4) is 0 Å². The number of hydrogen-bond donors (Lipinski definition) is 1. The molecule has 0 radical (unpaired) electrons. The fourth-order valence-corrected chi connectivity index (χ4v) is 1.94. The van der Waals surface area contributed by atoms with Gasteiger partial charge in [0.2, 0.25) is 0 Å². The molecule has 0 saturated carbocycles. The Bertz CT molecular complexity index is 534. The number of rotatable bonds is 9. The lowest BCUT2D eigenvalue weighted by Crippen LogP contribution is -2.18. The Balaban J connectivity index is 1.89. The minimum atomic E-state index is 0.529. The Hall–Kier alpha value is -1.80. The number of methoxy groups -OCH3 is 1. The molecule has 2 aromatic rings. The normalized spacial score (nSPS) is 11.4. The second-order valence-corrected chi connectivity index (χ2v) is 5.33. The lowest BCUT2D eigenvalue weighted by molar-refractivity contribution is 0.199. The maximum atomic E-state index is 4.98. The molecule has 0 aliphatic rings. The highest BCUT2D eigenvalue weighted by Gasteiger charge is 2.08. The largest absolute Gasteiger partial charge is 0.383 e. The summed E-state index contributed by atoms with van der Waals surface area (Å²) >= 11 is 0. The van der Waals surface area contributed by atoms with Crippen molar-refractivity contribution in [1.29, 1.82) is 0 Å². The van der Waals surface area contributed by atoms with Gasteiger partial charge in [-0.05, 0) is 5.92 Å². The van der Waals surface area contributed by atoms with Gasteiger partial charge in [-0.3, -0.25) is 0 Å². The average molecular weight is 293 g/mol. The van der Waals surface area contributed by atoms with Crippen LogP contribution in [0, 0.1) is 5.92 Å². The molecule has 1 N–H and O–H groups in total. The molecule has 2 aromatic heterocycles. The van der Waals surface area contributed by atoms with Crippen molar-refractivity contribution in [3.05, 3.63) is 24.0 Å². The van der Waals surface area contributed by atoms with Crippen molar-refractivity contribution in [2.45, 2.75) is 33.5 Å². The van der Waals surface area contributed by atoms with Gasteiger partial charge in [-0.15, -0.1) is 5.10 Å². The molecule has 0 unspecified atom stereocenters. The molecule has 0 fully saturated rings. The number of nitrogens with one attached hydrogen (secondary N) is 1. The van der Waals surface area contributed by atoms with Gasteiger partial charge in [0.15, 0.2) is 0 Å². The van der Waals surface area contributed by atoms with Gasteiger partial charge in [0, 0.05) is 26.7 Å². The van der Waals surface area contributed by atoms with E-state index < -0.39 is 0 Å². The summed E-state index contributed by atoms with van der Waals surface area (Å²) < 4.78 is 8.68. The first-order valence-corrected chi connectivity index (χ1v) is 7.14. The minimum Gasteiger partial charge on any atom is -0.383 e. The maximum Gasteiger partial charge on any atom is 0.148 e. The highest BCUT2D eigenvalue weighted by molar-refractivity contribution is 4.94. The van der Waals surface area contributed by atoms with Gasteiger partial charge in [0.25, 0.3) is 0 Å². The average Bonchev–Trinajstić information content (AvgIpc) is 3.05. The number of aromatic nitrogens is 6. The topological polar surface area (TPSA) is 82.7 Å². The third-order valence-corrected chi connectivity index (χ3v) is 2.91. The van der Waals surface area contributed by atoms with Gasteiger partial charge in [-0.1, -0.05) is 19.1 Å². The summed E-state index contributed by atoms with van der Waals surface area (Å²) in [5, 5.41) is 15.7. The van der Waals surface area contributed by atoms with E-state index in [4.69, 9.17) is 4.74 Å². The quantitative estimate of drug-likeness (QED) is 0.670. The fraction of sp³-hybridized carbons (Fsp3) is 0.692. The Kier molecular flexibility index (Phi) is 5.82. The SMILES string of the molecule is COCCNCc1cn(Cc2ncnn2CC(C)C)nn1. The van der Waals surface area contributed by atoms with Crippen LogP contribution in [0.5, 0.6) is 0 Å². The standard InChI is InChI=1S/C13H23N7O/c1-11(2)7-20-13(15-10-16-20)9-19-8-12(17-18-19)6-14-4-5-21-3/h8,10-11,14H,4-7,9H2,1-3H3. The van der Waals surface area contributed by atoms with E-state index >= 15 is 0 Å². The zero-order valence-corrected chi connectivity index (χ0v) is 12.9. The monoisotopic (exact) mass is 293 g/mol. The van der Waals surface area contributed by atoms with Crippen molar-refractivity contribution in [2.24, 2.45) is 5.92 Å². The van der Waals surface area contributed by atoms with Gasteiger partial charge in [-0.25, -0.2) is 14.3 Å². The molecule has 0 bridgehead atoms. The Morgan fingerprint density at radius 3 is 3.00 bits per heavy atom. The highest BCUT2D eigenvalue weighted by atomic mass is 16.5. The van der Waals surface area contributed by atoms with E-state index in [1.165, 1.54) is 0 Å². The zero-order valence-electron chi connectivity index (χ0n) is 12.9. The van der Waals surface area contributed by atoms with Gasteiger partial charge >= 0.3 is 0 Å². The van der Waals surface area contributed by atoms with E-state index in [9.17, 15) is 0 Å². The van der Waals surface area contributed by atoms with Crippen LogP contribution in [-0.2, 0) is 24.4 Å². The maximum absolute atomic E-state index is 4.98. The Labute approximate surface area is 124 Å². The Morgan fingerprint density at radius 2 is 2.24 bits per heavy atom. The molecule has 2 rings (SSSR count). The lowest BCUT2D eigenvalue weighted by Gasteiger charge is -2.07. The third-order valence-electron chi connectivity index (χ3n) is 2.91. The smallest absolute Gasteiger partial charge is 0.148 e. The fourth-order valence-electron chi connectivity index (χ4n) is 1.94. The predicted molar refractivity (Wildman–Crippen MR) is 77.6 cm³/mol. The van der Waals surface area contributed by atoms with E-state index in [1.807, 2.05) is 10.9 Å². The summed E-state index contributed by atoms with van der Waals surface area (Å²) in [6, 6.07) is 0. The molecule has 8 nitrogen and oxygen atoms in total. The summed E-state index contributed by atoms with van der Waals surface area (Å²) in [5.41, 5.74) is 0.904. The van der Waals surface area contributed by atoms with Crippen molar-refractivity contribution in [3.8, 4) is 0 Å². The first kappa shape index (κ1) is 15.6.